The smallest absolute Gasteiger partial charge is 0.256 e. The van der Waals surface area contributed by atoms with Gasteiger partial charge in [-0.2, -0.15) is 5.26 Å². The van der Waals surface area contributed by atoms with Crippen LogP contribution in [0.4, 0.5) is 0 Å². The van der Waals surface area contributed by atoms with Crippen LogP contribution < -0.4 is 11.1 Å². The number of hydrogen-bond donors (Lipinski definition) is 2. The lowest BCUT2D eigenvalue weighted by Gasteiger charge is -1.97. The number of unbranched alkanes of at least 4 members (excludes halogenated alkanes) is 1. The second kappa shape index (κ2) is 5.37. The van der Waals surface area contributed by atoms with E-state index in [1.54, 1.807) is 0 Å². The van der Waals surface area contributed by atoms with Gasteiger partial charge < -0.3 is 5.73 Å². The molecular formula is C6H12N4O2S. The van der Waals surface area contributed by atoms with Crippen LogP contribution >= 0.6 is 0 Å². The highest BCUT2D eigenvalue weighted by atomic mass is 32.2. The first-order chi connectivity index (χ1) is 6.02. The molecule has 0 fully saturated rings. The Morgan fingerprint density at radius 1 is 1.69 bits per heavy atom. The summed E-state index contributed by atoms with van der Waals surface area (Å²) in [7, 11) is -3.52. The van der Waals surface area contributed by atoms with Crippen molar-refractivity contribution in [2.45, 2.75) is 19.8 Å². The van der Waals surface area contributed by atoms with Crippen LogP contribution in [0.25, 0.3) is 0 Å². The van der Waals surface area contributed by atoms with Gasteiger partial charge in [-0.25, -0.2) is 8.42 Å². The minimum Gasteiger partial charge on any atom is -0.368 e. The zero-order chi connectivity index (χ0) is 10.3. The van der Waals surface area contributed by atoms with E-state index in [0.29, 0.717) is 6.42 Å². The van der Waals surface area contributed by atoms with Crippen molar-refractivity contribution in [2.75, 3.05) is 5.75 Å². The van der Waals surface area contributed by atoms with E-state index < -0.39 is 16.0 Å². The van der Waals surface area contributed by atoms with E-state index >= 15 is 0 Å². The maximum atomic E-state index is 11.1. The molecule has 0 spiro atoms. The number of nitrogens with one attached hydrogen (secondary N) is 1. The molecule has 0 aliphatic heterocycles. The summed E-state index contributed by atoms with van der Waals surface area (Å²) in [6, 6.07) is 0. The van der Waals surface area contributed by atoms with Crippen LogP contribution in [0, 0.1) is 11.5 Å². The van der Waals surface area contributed by atoms with Gasteiger partial charge in [0, 0.05) is 0 Å². The van der Waals surface area contributed by atoms with Crippen molar-refractivity contribution in [3.05, 3.63) is 0 Å². The topological polar surface area (TPSA) is 108 Å². The molecule has 0 amide bonds. The Hall–Kier alpha value is -1.29. The summed E-state index contributed by atoms with van der Waals surface area (Å²) in [6.07, 6.45) is 2.77. The molecule has 0 saturated heterocycles. The molecule has 0 aromatic carbocycles. The molecule has 0 unspecified atom stereocenters. The highest BCUT2D eigenvalue weighted by molar-refractivity contribution is 7.90. The van der Waals surface area contributed by atoms with E-state index in [1.165, 1.54) is 6.19 Å². The van der Waals surface area contributed by atoms with Crippen molar-refractivity contribution >= 4 is 16.0 Å². The average molecular weight is 204 g/mol. The van der Waals surface area contributed by atoms with Crippen LogP contribution in [0.15, 0.2) is 4.40 Å². The number of nitriles is 1. The Morgan fingerprint density at radius 2 is 2.31 bits per heavy atom. The molecule has 0 atom stereocenters. The first-order valence-corrected chi connectivity index (χ1v) is 5.36. The summed E-state index contributed by atoms with van der Waals surface area (Å²) in [4.78, 5) is 0. The lowest BCUT2D eigenvalue weighted by Crippen LogP contribution is -2.28. The molecule has 3 N–H and O–H groups in total. The number of nitrogens with zero attached hydrogens (tertiary/aromatic N) is 2. The van der Waals surface area contributed by atoms with Crippen LogP contribution in [-0.2, 0) is 10.0 Å². The average Bonchev–Trinajstić information content (AvgIpc) is 2.00. The molecule has 0 aliphatic carbocycles. The number of guanidine groups is 1. The monoisotopic (exact) mass is 204 g/mol. The normalized spacial score (nSPS) is 12.2. The van der Waals surface area contributed by atoms with Gasteiger partial charge in [0.1, 0.15) is 0 Å². The summed E-state index contributed by atoms with van der Waals surface area (Å²) in [5.41, 5.74) is 5.08. The van der Waals surface area contributed by atoms with Crippen molar-refractivity contribution in [2.24, 2.45) is 10.1 Å². The third kappa shape index (κ3) is 5.93. The Bertz CT molecular complexity index is 314. The number of nitrogens with two attached hydrogens (primary N) is 1. The van der Waals surface area contributed by atoms with Crippen molar-refractivity contribution in [1.82, 2.24) is 5.32 Å². The molecule has 0 aromatic rings. The fourth-order valence-electron chi connectivity index (χ4n) is 0.602. The standard InChI is InChI=1S/C6H12N4O2S/c1-2-3-4-13(11,12)10-6(8)9-5-7/h2-4H2,1H3,(H3,8,9,10). The molecule has 0 aliphatic rings. The SMILES string of the molecule is CCCCS(=O)(=O)/N=C(\N)NC#N. The van der Waals surface area contributed by atoms with Gasteiger partial charge in [0.15, 0.2) is 6.19 Å². The second-order valence-electron chi connectivity index (χ2n) is 2.35. The maximum absolute atomic E-state index is 11.1. The molecule has 0 rings (SSSR count). The van der Waals surface area contributed by atoms with Crippen molar-refractivity contribution in [3.8, 4) is 6.19 Å². The van der Waals surface area contributed by atoms with Gasteiger partial charge in [0.2, 0.25) is 5.96 Å². The van der Waals surface area contributed by atoms with Crippen LogP contribution in [-0.4, -0.2) is 20.1 Å². The number of hydrogen-bond acceptors (Lipinski definition) is 3. The molecule has 0 bridgehead atoms. The second-order valence-corrected chi connectivity index (χ2v) is 4.11. The van der Waals surface area contributed by atoms with Crippen LogP contribution in [0.5, 0.6) is 0 Å². The van der Waals surface area contributed by atoms with Gasteiger partial charge >= 0.3 is 0 Å². The van der Waals surface area contributed by atoms with Crippen LogP contribution in [0.2, 0.25) is 0 Å². The van der Waals surface area contributed by atoms with Crippen LogP contribution in [0.1, 0.15) is 19.8 Å². The third-order valence-electron chi connectivity index (χ3n) is 1.18. The van der Waals surface area contributed by atoms with Gasteiger partial charge in [0.05, 0.1) is 5.75 Å². The quantitative estimate of drug-likeness (QED) is 0.278. The molecule has 0 heterocycles. The Balaban J connectivity index is 4.33. The lowest BCUT2D eigenvalue weighted by atomic mass is 10.4. The summed E-state index contributed by atoms with van der Waals surface area (Å²) >= 11 is 0. The van der Waals surface area contributed by atoms with E-state index in [-0.39, 0.29) is 5.75 Å². The lowest BCUT2D eigenvalue weighted by molar-refractivity contribution is 0.594. The summed E-state index contributed by atoms with van der Waals surface area (Å²) in [5.74, 6) is -0.435. The molecular weight excluding hydrogens is 192 g/mol. The van der Waals surface area contributed by atoms with Gasteiger partial charge in [-0.1, -0.05) is 13.3 Å². The van der Waals surface area contributed by atoms with E-state index in [2.05, 4.69) is 4.40 Å². The highest BCUT2D eigenvalue weighted by Crippen LogP contribution is 1.97. The van der Waals surface area contributed by atoms with Crippen molar-refractivity contribution < 1.29 is 8.42 Å². The van der Waals surface area contributed by atoms with E-state index in [9.17, 15) is 8.42 Å². The van der Waals surface area contributed by atoms with Gasteiger partial charge in [0.25, 0.3) is 10.0 Å². The molecule has 0 radical (unpaired) electrons. The summed E-state index contributed by atoms with van der Waals surface area (Å²) in [5, 5.41) is 10.0. The van der Waals surface area contributed by atoms with Gasteiger partial charge in [-0.15, -0.1) is 4.40 Å². The van der Waals surface area contributed by atoms with E-state index in [0.717, 1.165) is 6.42 Å². The largest absolute Gasteiger partial charge is 0.368 e. The summed E-state index contributed by atoms with van der Waals surface area (Å²) < 4.78 is 25.3. The maximum Gasteiger partial charge on any atom is 0.256 e. The minimum atomic E-state index is -3.52. The minimum absolute atomic E-state index is 0.0443. The molecule has 7 heteroatoms. The fourth-order valence-corrected chi connectivity index (χ4v) is 1.69. The highest BCUT2D eigenvalue weighted by Gasteiger charge is 2.07. The predicted octanol–water partition coefficient (Wildman–Crippen LogP) is -0.498. The van der Waals surface area contributed by atoms with Crippen LogP contribution in [0.3, 0.4) is 0 Å². The Kier molecular flexibility index (Phi) is 4.84. The first kappa shape index (κ1) is 11.7. The Morgan fingerprint density at radius 3 is 2.77 bits per heavy atom. The molecule has 74 valence electrons. The zero-order valence-corrected chi connectivity index (χ0v) is 8.13. The zero-order valence-electron chi connectivity index (χ0n) is 7.32. The summed E-state index contributed by atoms with van der Waals surface area (Å²) in [6.45, 7) is 1.87. The van der Waals surface area contributed by atoms with E-state index in [4.69, 9.17) is 11.0 Å². The van der Waals surface area contributed by atoms with Gasteiger partial charge in [-0.05, 0) is 6.42 Å². The van der Waals surface area contributed by atoms with E-state index in [1.807, 2.05) is 12.2 Å². The Labute approximate surface area is 77.5 Å². The molecule has 0 saturated carbocycles. The van der Waals surface area contributed by atoms with Gasteiger partial charge in [-0.3, -0.25) is 5.32 Å². The number of sulfonamides is 1. The van der Waals surface area contributed by atoms with Crippen molar-refractivity contribution in [1.29, 1.82) is 5.26 Å². The molecule has 0 aromatic heterocycles. The number of rotatable bonds is 4. The molecule has 13 heavy (non-hydrogen) atoms. The first-order valence-electron chi connectivity index (χ1n) is 3.75. The third-order valence-corrected chi connectivity index (χ3v) is 2.46. The van der Waals surface area contributed by atoms with Crippen molar-refractivity contribution in [3.63, 3.8) is 0 Å². The fraction of sp³-hybridized carbons (Fsp3) is 0.667. The predicted molar refractivity (Wildman–Crippen MR) is 49.1 cm³/mol. The molecule has 6 nitrogen and oxygen atoms in total.